The first-order valence-electron chi connectivity index (χ1n) is 8.56. The first kappa shape index (κ1) is 17.4. The van der Waals surface area contributed by atoms with E-state index in [0.717, 1.165) is 19.4 Å². The minimum absolute atomic E-state index is 0.112. The molecule has 5 atom stereocenters. The molecule has 2 unspecified atom stereocenters. The summed E-state index contributed by atoms with van der Waals surface area (Å²) in [7, 11) is 0. The lowest BCUT2D eigenvalue weighted by Crippen LogP contribution is -2.33. The van der Waals surface area contributed by atoms with E-state index in [9.17, 15) is 15.3 Å². The highest BCUT2D eigenvalue weighted by Crippen LogP contribution is 2.32. The SMILES string of the molecule is Nc1nc(NCC2CCCO2)nc2c1ncn2C1O[C@H](CO)[C@@H](O)[C@H]1O. The Morgan fingerprint density at radius 2 is 2.15 bits per heavy atom. The third kappa shape index (κ3) is 2.97. The van der Waals surface area contributed by atoms with Gasteiger partial charge in [-0.05, 0) is 12.8 Å². The number of nitrogens with two attached hydrogens (primary N) is 1. The summed E-state index contributed by atoms with van der Waals surface area (Å²) in [6.45, 7) is 0.909. The van der Waals surface area contributed by atoms with Gasteiger partial charge in [-0.2, -0.15) is 9.97 Å². The van der Waals surface area contributed by atoms with E-state index in [0.29, 0.717) is 23.7 Å². The van der Waals surface area contributed by atoms with Crippen molar-refractivity contribution in [3.05, 3.63) is 6.33 Å². The molecule has 2 aromatic heterocycles. The zero-order chi connectivity index (χ0) is 18.3. The van der Waals surface area contributed by atoms with Crippen LogP contribution in [-0.2, 0) is 9.47 Å². The molecule has 11 nitrogen and oxygen atoms in total. The highest BCUT2D eigenvalue weighted by molar-refractivity contribution is 5.83. The van der Waals surface area contributed by atoms with E-state index in [1.165, 1.54) is 10.9 Å². The standard InChI is InChI=1S/C15H22N6O5/c16-12-9-13(20-15(19-12)17-4-7-2-1-3-25-7)21(6-18-9)14-11(24)10(23)8(5-22)26-14/h6-8,10-11,14,22-24H,1-5H2,(H3,16,17,19,20)/t7?,8-,10-,11-,14?/m1/s1. The van der Waals surface area contributed by atoms with Crippen LogP contribution < -0.4 is 11.1 Å². The Balaban J connectivity index is 1.61. The molecule has 2 fully saturated rings. The summed E-state index contributed by atoms with van der Waals surface area (Å²) in [5, 5.41) is 32.6. The van der Waals surface area contributed by atoms with E-state index < -0.39 is 31.1 Å². The van der Waals surface area contributed by atoms with Gasteiger partial charge in [0.25, 0.3) is 0 Å². The fraction of sp³-hybridized carbons (Fsp3) is 0.667. The Bertz CT molecular complexity index is 779. The van der Waals surface area contributed by atoms with Gasteiger partial charge in [0.1, 0.15) is 23.8 Å². The largest absolute Gasteiger partial charge is 0.394 e. The van der Waals surface area contributed by atoms with E-state index in [1.54, 1.807) is 0 Å². The molecule has 6 N–H and O–H groups in total. The highest BCUT2D eigenvalue weighted by Gasteiger charge is 2.44. The van der Waals surface area contributed by atoms with Crippen molar-refractivity contribution in [1.29, 1.82) is 0 Å². The highest BCUT2D eigenvalue weighted by atomic mass is 16.6. The van der Waals surface area contributed by atoms with E-state index >= 15 is 0 Å². The maximum atomic E-state index is 10.2. The second-order valence-electron chi connectivity index (χ2n) is 6.50. The van der Waals surface area contributed by atoms with Crippen molar-refractivity contribution in [3.8, 4) is 0 Å². The van der Waals surface area contributed by atoms with Gasteiger partial charge in [0.2, 0.25) is 5.95 Å². The van der Waals surface area contributed by atoms with E-state index in [4.69, 9.17) is 15.2 Å². The lowest BCUT2D eigenvalue weighted by molar-refractivity contribution is -0.0511. The fourth-order valence-corrected chi connectivity index (χ4v) is 3.32. The van der Waals surface area contributed by atoms with Crippen LogP contribution in [0.2, 0.25) is 0 Å². The Morgan fingerprint density at radius 1 is 1.31 bits per heavy atom. The van der Waals surface area contributed by atoms with E-state index in [-0.39, 0.29) is 11.9 Å². The Morgan fingerprint density at radius 3 is 2.85 bits per heavy atom. The number of aliphatic hydroxyl groups excluding tert-OH is 3. The summed E-state index contributed by atoms with van der Waals surface area (Å²) in [5.41, 5.74) is 6.71. The summed E-state index contributed by atoms with van der Waals surface area (Å²) in [5.74, 6) is 0.509. The van der Waals surface area contributed by atoms with E-state index in [1.807, 2.05) is 0 Å². The molecule has 2 saturated heterocycles. The number of aromatic nitrogens is 4. The summed E-state index contributed by atoms with van der Waals surface area (Å²) in [6.07, 6.45) is -0.725. The summed E-state index contributed by atoms with van der Waals surface area (Å²) in [6, 6.07) is 0. The van der Waals surface area contributed by atoms with Crippen molar-refractivity contribution in [2.75, 3.05) is 30.8 Å². The van der Waals surface area contributed by atoms with Crippen LogP contribution in [0.1, 0.15) is 19.1 Å². The maximum absolute atomic E-state index is 10.2. The van der Waals surface area contributed by atoms with Crippen LogP contribution in [0.4, 0.5) is 11.8 Å². The molecule has 2 aliphatic rings. The third-order valence-corrected chi connectivity index (χ3v) is 4.75. The summed E-state index contributed by atoms with van der Waals surface area (Å²) >= 11 is 0. The molecule has 0 spiro atoms. The molecule has 11 heteroatoms. The van der Waals surface area contributed by atoms with Gasteiger partial charge in [0, 0.05) is 13.2 Å². The molecule has 0 radical (unpaired) electrons. The molecule has 0 aliphatic carbocycles. The molecule has 2 aromatic rings. The Kier molecular flexibility index (Phi) is 4.63. The number of hydrogen-bond acceptors (Lipinski definition) is 10. The van der Waals surface area contributed by atoms with Crippen molar-refractivity contribution in [3.63, 3.8) is 0 Å². The number of aliphatic hydroxyl groups is 3. The number of anilines is 2. The number of imidazole rings is 1. The molecule has 4 heterocycles. The molecular formula is C15H22N6O5. The van der Waals surface area contributed by atoms with Gasteiger partial charge in [0.15, 0.2) is 17.7 Å². The first-order valence-corrected chi connectivity index (χ1v) is 8.56. The molecular weight excluding hydrogens is 344 g/mol. The summed E-state index contributed by atoms with van der Waals surface area (Å²) < 4.78 is 12.6. The number of nitrogen functional groups attached to an aromatic ring is 1. The van der Waals surface area contributed by atoms with Crippen LogP contribution in [0.3, 0.4) is 0 Å². The van der Waals surface area contributed by atoms with Crippen LogP contribution >= 0.6 is 0 Å². The van der Waals surface area contributed by atoms with Crippen LogP contribution in [0.25, 0.3) is 11.2 Å². The average Bonchev–Trinajstić information content (AvgIpc) is 3.34. The Hall–Kier alpha value is -2.05. The van der Waals surface area contributed by atoms with E-state index in [2.05, 4.69) is 20.3 Å². The molecule has 0 saturated carbocycles. The molecule has 0 aromatic carbocycles. The topological polar surface area (TPSA) is 161 Å². The lowest BCUT2D eigenvalue weighted by Gasteiger charge is -2.17. The van der Waals surface area contributed by atoms with Crippen LogP contribution in [0, 0.1) is 0 Å². The average molecular weight is 366 g/mol. The Labute approximate surface area is 148 Å². The number of nitrogens with one attached hydrogen (secondary N) is 1. The number of rotatable bonds is 5. The first-order chi connectivity index (χ1) is 12.6. The van der Waals surface area contributed by atoms with Gasteiger partial charge in [-0.1, -0.05) is 0 Å². The minimum atomic E-state index is -1.23. The number of ether oxygens (including phenoxy) is 2. The quantitative estimate of drug-likeness (QED) is 0.426. The molecule has 0 bridgehead atoms. The van der Waals surface area contributed by atoms with Crippen molar-refractivity contribution in [2.45, 2.75) is 43.5 Å². The normalized spacial score (nSPS) is 31.7. The summed E-state index contributed by atoms with van der Waals surface area (Å²) in [4.78, 5) is 12.8. The third-order valence-electron chi connectivity index (χ3n) is 4.75. The van der Waals surface area contributed by atoms with Crippen molar-refractivity contribution < 1.29 is 24.8 Å². The van der Waals surface area contributed by atoms with Gasteiger partial charge >= 0.3 is 0 Å². The predicted molar refractivity (Wildman–Crippen MR) is 90.2 cm³/mol. The molecule has 4 rings (SSSR count). The van der Waals surface area contributed by atoms with Gasteiger partial charge in [-0.3, -0.25) is 4.57 Å². The van der Waals surface area contributed by atoms with Gasteiger partial charge in [-0.15, -0.1) is 0 Å². The van der Waals surface area contributed by atoms with Crippen molar-refractivity contribution in [2.24, 2.45) is 0 Å². The zero-order valence-corrected chi connectivity index (χ0v) is 14.0. The molecule has 2 aliphatic heterocycles. The van der Waals surface area contributed by atoms with Crippen LogP contribution in [0.15, 0.2) is 6.33 Å². The second kappa shape index (κ2) is 6.93. The molecule has 142 valence electrons. The van der Waals surface area contributed by atoms with Crippen molar-refractivity contribution in [1.82, 2.24) is 19.5 Å². The van der Waals surface area contributed by atoms with Crippen molar-refractivity contribution >= 4 is 22.9 Å². The monoisotopic (exact) mass is 366 g/mol. The number of fused-ring (bicyclic) bond motifs is 1. The zero-order valence-electron chi connectivity index (χ0n) is 14.0. The maximum Gasteiger partial charge on any atom is 0.226 e. The number of hydrogen-bond donors (Lipinski definition) is 5. The second-order valence-corrected chi connectivity index (χ2v) is 6.50. The smallest absolute Gasteiger partial charge is 0.226 e. The van der Waals surface area contributed by atoms with Gasteiger partial charge < -0.3 is 35.8 Å². The predicted octanol–water partition coefficient (Wildman–Crippen LogP) is -1.39. The molecule has 0 amide bonds. The number of nitrogens with zero attached hydrogens (tertiary/aromatic N) is 4. The minimum Gasteiger partial charge on any atom is -0.394 e. The van der Waals surface area contributed by atoms with Crippen LogP contribution in [0.5, 0.6) is 0 Å². The fourth-order valence-electron chi connectivity index (χ4n) is 3.32. The van der Waals surface area contributed by atoms with Gasteiger partial charge in [0.05, 0.1) is 19.0 Å². The van der Waals surface area contributed by atoms with Crippen LogP contribution in [-0.4, -0.2) is 79.0 Å². The van der Waals surface area contributed by atoms with Gasteiger partial charge in [-0.25, -0.2) is 4.98 Å². The molecule has 26 heavy (non-hydrogen) atoms. The lowest BCUT2D eigenvalue weighted by atomic mass is 10.1.